The molecule has 43 heavy (non-hydrogen) atoms. The van der Waals surface area contributed by atoms with E-state index in [0.29, 0.717) is 10.6 Å². The highest BCUT2D eigenvalue weighted by atomic mass is 19.1. The summed E-state index contributed by atoms with van der Waals surface area (Å²) < 4.78 is 24.1. The van der Waals surface area contributed by atoms with Crippen LogP contribution in [0.4, 0.5) is 4.39 Å². The fourth-order valence-electron chi connectivity index (χ4n) is 9.45. The Kier molecular flexibility index (Phi) is 6.87. The Balaban J connectivity index is 1.76. The molecule has 3 saturated carbocycles. The normalized spacial score (nSPS) is 44.9. The SMILES string of the molecule is C[C@@H]1CC2C3CCC4=CC(=O)C=C[C@]4(C)[C@@]3(F)[C@@H](O[N+](=O)[O-])C[C@]2(C)[C@@]1(O[N+](=O)[O-])C1(CO[N+](=O)[O-])OCC(C)(C)N1O. The number of alkyl halides is 1. The highest BCUT2D eigenvalue weighted by Gasteiger charge is 2.83. The molecule has 0 radical (unpaired) electrons. The van der Waals surface area contributed by atoms with Crippen LogP contribution in [0, 0.1) is 58.9 Å². The molecule has 1 N–H and O–H groups in total. The zero-order valence-electron chi connectivity index (χ0n) is 24.4. The standard InChI is InChI=1S/C26H35FN4O12/c1-15-10-19-18-7-6-16-11-17(32)8-9-22(16,4)25(18,27)20(42-30(36)37)12-23(19,5)26(15,43-31(38)39)24(14-41-29(34)35)28(33)21(2,3)13-40-24/h8-9,11,15,18-20,33H,6-7,10,12-14H2,1-5H3/t15-,18?,19?,20+,22+,23+,24?,25+,26-/m1/s1. The summed E-state index contributed by atoms with van der Waals surface area (Å²) >= 11 is 0. The van der Waals surface area contributed by atoms with Crippen LogP contribution in [0.5, 0.6) is 0 Å². The predicted octanol–water partition coefficient (Wildman–Crippen LogP) is 3.17. The molecule has 1 saturated heterocycles. The minimum absolute atomic E-state index is 0.0709. The van der Waals surface area contributed by atoms with E-state index in [0.717, 1.165) is 0 Å². The molecule has 0 aromatic rings. The van der Waals surface area contributed by atoms with Crippen molar-refractivity contribution in [2.75, 3.05) is 13.2 Å². The number of fused-ring (bicyclic) bond motifs is 5. The van der Waals surface area contributed by atoms with Crippen LogP contribution in [0.15, 0.2) is 23.8 Å². The first-order valence-corrected chi connectivity index (χ1v) is 14.0. The van der Waals surface area contributed by atoms with Crippen molar-refractivity contribution >= 4 is 5.78 Å². The number of hydroxylamine groups is 2. The molecule has 3 unspecified atom stereocenters. The maximum atomic E-state index is 18.1. The summed E-state index contributed by atoms with van der Waals surface area (Å²) in [5.41, 5.74) is -11.0. The van der Waals surface area contributed by atoms with Gasteiger partial charge in [-0.25, -0.2) is 4.39 Å². The van der Waals surface area contributed by atoms with Crippen molar-refractivity contribution in [3.63, 3.8) is 0 Å². The molecule has 5 aliphatic rings. The van der Waals surface area contributed by atoms with Crippen LogP contribution in [0.3, 0.4) is 0 Å². The number of carbonyl (C=O) groups excluding carboxylic acids is 1. The highest BCUT2D eigenvalue weighted by Crippen LogP contribution is 2.74. The van der Waals surface area contributed by atoms with Gasteiger partial charge in [0.05, 0.1) is 12.1 Å². The number of hydrogen-bond donors (Lipinski definition) is 1. The van der Waals surface area contributed by atoms with Gasteiger partial charge >= 0.3 is 0 Å². The van der Waals surface area contributed by atoms with Crippen molar-refractivity contribution in [1.29, 1.82) is 0 Å². The molecule has 16 nitrogen and oxygen atoms in total. The lowest BCUT2D eigenvalue weighted by atomic mass is 9.44. The number of halogens is 1. The zero-order chi connectivity index (χ0) is 32.0. The zero-order valence-corrected chi connectivity index (χ0v) is 24.4. The highest BCUT2D eigenvalue weighted by molar-refractivity contribution is 6.01. The molecule has 1 aliphatic heterocycles. The maximum Gasteiger partial charge on any atom is 0.295 e. The van der Waals surface area contributed by atoms with Crippen LogP contribution in [-0.2, 0) is 24.0 Å². The van der Waals surface area contributed by atoms with Crippen LogP contribution < -0.4 is 0 Å². The molecule has 4 fully saturated rings. The van der Waals surface area contributed by atoms with E-state index in [1.54, 1.807) is 27.7 Å². The number of ether oxygens (including phenoxy) is 1. The largest absolute Gasteiger partial charge is 0.352 e. The van der Waals surface area contributed by atoms with E-state index in [1.807, 2.05) is 0 Å². The van der Waals surface area contributed by atoms with Gasteiger partial charge in [0, 0.05) is 16.7 Å². The Morgan fingerprint density at radius 2 is 1.79 bits per heavy atom. The van der Waals surface area contributed by atoms with Crippen molar-refractivity contribution in [3.8, 4) is 0 Å². The maximum absolute atomic E-state index is 18.1. The number of nitrogens with zero attached hydrogens (tertiary/aromatic N) is 4. The first-order chi connectivity index (χ1) is 19.8. The third-order valence-corrected chi connectivity index (χ3v) is 11.1. The summed E-state index contributed by atoms with van der Waals surface area (Å²) in [5, 5.41) is 44.4. The summed E-state index contributed by atoms with van der Waals surface area (Å²) in [6.45, 7) is 6.46. The molecule has 4 aliphatic carbocycles. The second-order valence-electron chi connectivity index (χ2n) is 13.4. The average molecular weight is 615 g/mol. The van der Waals surface area contributed by atoms with E-state index >= 15 is 4.39 Å². The quantitative estimate of drug-likeness (QED) is 0.308. The van der Waals surface area contributed by atoms with Crippen molar-refractivity contribution in [2.45, 2.75) is 88.9 Å². The van der Waals surface area contributed by atoms with Gasteiger partial charge in [-0.2, -0.15) is 0 Å². The van der Waals surface area contributed by atoms with Crippen molar-refractivity contribution in [1.82, 2.24) is 5.06 Å². The minimum Gasteiger partial charge on any atom is -0.352 e. The first kappa shape index (κ1) is 31.0. The average Bonchev–Trinajstić information content (AvgIpc) is 3.26. The molecule has 0 spiro atoms. The third kappa shape index (κ3) is 3.86. The van der Waals surface area contributed by atoms with E-state index in [1.165, 1.54) is 25.2 Å². The fraction of sp³-hybridized carbons (Fsp3) is 0.808. The Hall–Kier alpha value is -3.44. The number of ketones is 1. The Bertz CT molecular complexity index is 1330. The lowest BCUT2D eigenvalue weighted by Gasteiger charge is -2.65. The van der Waals surface area contributed by atoms with Gasteiger partial charge in [-0.3, -0.25) is 4.79 Å². The number of carbonyl (C=O) groups is 1. The van der Waals surface area contributed by atoms with Crippen LogP contribution in [0.1, 0.15) is 60.3 Å². The topological polar surface area (TPSA) is 207 Å². The van der Waals surface area contributed by atoms with Crippen molar-refractivity contribution in [2.24, 2.45) is 28.6 Å². The van der Waals surface area contributed by atoms with E-state index < -0.39 is 85.5 Å². The third-order valence-electron chi connectivity index (χ3n) is 11.1. The lowest BCUT2D eigenvalue weighted by molar-refractivity contribution is -0.804. The van der Waals surface area contributed by atoms with Crippen LogP contribution in [-0.4, -0.2) is 73.2 Å². The molecule has 0 aromatic heterocycles. The smallest absolute Gasteiger partial charge is 0.295 e. The van der Waals surface area contributed by atoms with E-state index in [-0.39, 0.29) is 31.7 Å². The van der Waals surface area contributed by atoms with Crippen molar-refractivity contribution in [3.05, 3.63) is 54.1 Å². The van der Waals surface area contributed by atoms with Gasteiger partial charge in [-0.15, -0.1) is 35.4 Å². The number of rotatable bonds is 8. The van der Waals surface area contributed by atoms with Gasteiger partial charge in [0.2, 0.25) is 0 Å². The monoisotopic (exact) mass is 614 g/mol. The summed E-state index contributed by atoms with van der Waals surface area (Å²) in [7, 11) is 0. The minimum atomic E-state index is -2.45. The molecule has 0 aromatic carbocycles. The van der Waals surface area contributed by atoms with Crippen molar-refractivity contribution < 1.29 is 48.9 Å². The molecule has 238 valence electrons. The van der Waals surface area contributed by atoms with E-state index in [2.05, 4.69) is 0 Å². The van der Waals surface area contributed by atoms with Gasteiger partial charge < -0.3 is 24.5 Å². The summed E-state index contributed by atoms with van der Waals surface area (Å²) in [5.74, 6) is -3.06. The summed E-state index contributed by atoms with van der Waals surface area (Å²) in [4.78, 5) is 63.2. The van der Waals surface area contributed by atoms with Gasteiger partial charge in [0.25, 0.3) is 15.3 Å². The number of allylic oxidation sites excluding steroid dienone is 4. The first-order valence-electron chi connectivity index (χ1n) is 14.0. The fourth-order valence-corrected chi connectivity index (χ4v) is 9.45. The van der Waals surface area contributed by atoms with E-state index in [9.17, 15) is 40.3 Å². The summed E-state index contributed by atoms with van der Waals surface area (Å²) in [6, 6.07) is 0. The lowest BCUT2D eigenvalue weighted by Crippen LogP contribution is -2.77. The van der Waals surface area contributed by atoms with Crippen LogP contribution in [0.2, 0.25) is 0 Å². The molecule has 17 heteroatoms. The number of hydrogen-bond acceptors (Lipinski definition) is 13. The Morgan fingerprint density at radius 3 is 2.35 bits per heavy atom. The predicted molar refractivity (Wildman–Crippen MR) is 139 cm³/mol. The molecular formula is C26H35FN4O12. The second kappa shape index (κ2) is 9.53. The van der Waals surface area contributed by atoms with E-state index in [4.69, 9.17) is 19.2 Å². The molecule has 0 bridgehead atoms. The molecule has 5 rings (SSSR count). The van der Waals surface area contributed by atoms with Gasteiger partial charge in [-0.1, -0.05) is 25.5 Å². The van der Waals surface area contributed by atoms with Gasteiger partial charge in [0.1, 0.15) is 12.7 Å². The molecule has 1 heterocycles. The molecular weight excluding hydrogens is 579 g/mol. The summed E-state index contributed by atoms with van der Waals surface area (Å²) in [6.07, 6.45) is 2.04. The van der Waals surface area contributed by atoms with Gasteiger partial charge in [-0.05, 0) is 70.4 Å². The van der Waals surface area contributed by atoms with Gasteiger partial charge in [0.15, 0.2) is 22.8 Å². The Morgan fingerprint density at radius 1 is 1.12 bits per heavy atom. The van der Waals surface area contributed by atoms with Crippen LogP contribution >= 0.6 is 0 Å². The molecule has 0 amide bonds. The second-order valence-corrected chi connectivity index (χ2v) is 13.4. The Labute approximate surface area is 245 Å². The van der Waals surface area contributed by atoms with Crippen LogP contribution in [0.25, 0.3) is 0 Å². The molecule has 9 atom stereocenters.